The summed E-state index contributed by atoms with van der Waals surface area (Å²) in [4.78, 5) is 21.8. The van der Waals surface area contributed by atoms with E-state index in [-0.39, 0.29) is 0 Å². The Labute approximate surface area is 191 Å². The van der Waals surface area contributed by atoms with E-state index >= 15 is 0 Å². The molecule has 0 saturated heterocycles. The Kier molecular flexibility index (Phi) is 11.1. The minimum absolute atomic E-state index is 0.471. The van der Waals surface area contributed by atoms with Crippen LogP contribution >= 0.6 is 0 Å². The molecule has 35 heavy (non-hydrogen) atoms. The maximum atomic E-state index is 13.7. The van der Waals surface area contributed by atoms with Crippen LogP contribution in [-0.2, 0) is 23.2 Å². The highest BCUT2D eigenvalue weighted by Crippen LogP contribution is 2.53. The van der Waals surface area contributed by atoms with Crippen LogP contribution in [0.25, 0.3) is 0 Å². The topological polar surface area (TPSA) is 61.8 Å². The molecule has 5 nitrogen and oxygen atoms in total. The smallest absolute Gasteiger partial charge is 0.424 e. The molecule has 204 valence electrons. The third-order valence-corrected chi connectivity index (χ3v) is 12.9. The highest BCUT2D eigenvalue weighted by atomic mass is 28.4. The van der Waals surface area contributed by atoms with Crippen molar-refractivity contribution in [2.45, 2.75) is 48.1 Å². The molecule has 0 aliphatic rings. The lowest BCUT2D eigenvalue weighted by Gasteiger charge is -2.43. The van der Waals surface area contributed by atoms with Gasteiger partial charge in [0.1, 0.15) is 0 Å². The lowest BCUT2D eigenvalue weighted by Crippen LogP contribution is -2.76. The predicted octanol–water partition coefficient (Wildman–Crippen LogP) is 5.54. The number of ether oxygens (including phenoxy) is 2. The maximum absolute atomic E-state index is 13.7. The van der Waals surface area contributed by atoms with Crippen molar-refractivity contribution in [3.05, 3.63) is 25.3 Å². The van der Waals surface area contributed by atoms with Gasteiger partial charge in [0.05, 0.1) is 13.2 Å². The first kappa shape index (κ1) is 33.0. The molecule has 19 heteroatoms. The molecule has 0 N–H and O–H groups in total. The molecule has 0 bridgehead atoms. The first-order chi connectivity index (χ1) is 15.6. The van der Waals surface area contributed by atoms with Crippen LogP contribution in [0.15, 0.2) is 25.3 Å². The number of hydrogen-bond acceptors (Lipinski definition) is 5. The molecule has 0 unspecified atom stereocenters. The minimum atomic E-state index is -7.94. The summed E-state index contributed by atoms with van der Waals surface area (Å²) < 4.78 is 176. The van der Waals surface area contributed by atoms with Gasteiger partial charge >= 0.3 is 51.8 Å². The highest BCUT2D eigenvalue weighted by Gasteiger charge is 2.85. The van der Waals surface area contributed by atoms with Gasteiger partial charge in [0, 0.05) is 12.2 Å². The van der Waals surface area contributed by atoms with Gasteiger partial charge in [-0.2, -0.15) is 52.7 Å². The van der Waals surface area contributed by atoms with Gasteiger partial charge in [0.15, 0.2) is 0 Å². The average Bonchev–Trinajstić information content (AvgIpc) is 2.67. The molecule has 0 amide bonds. The lowest BCUT2D eigenvalue weighted by atomic mass is 10.5. The first-order valence-electron chi connectivity index (χ1n) is 9.17. The van der Waals surface area contributed by atoms with E-state index in [4.69, 9.17) is 0 Å². The molecule has 0 radical (unpaired) electrons. The molecule has 0 aliphatic carbocycles. The largest absolute Gasteiger partial charge is 0.463 e. The molecule has 0 spiro atoms. The summed E-state index contributed by atoms with van der Waals surface area (Å²) in [5, 5.41) is 0. The second kappa shape index (κ2) is 11.8. The number of esters is 2. The average molecular weight is 574 g/mol. The van der Waals surface area contributed by atoms with Gasteiger partial charge in [-0.1, -0.05) is 13.2 Å². The van der Waals surface area contributed by atoms with Gasteiger partial charge in [-0.3, -0.25) is 0 Å². The normalized spacial score (nSPS) is 13.8. The Morgan fingerprint density at radius 2 is 0.857 bits per heavy atom. The Morgan fingerprint density at radius 3 is 1.06 bits per heavy atom. The van der Waals surface area contributed by atoms with E-state index in [0.717, 1.165) is 0 Å². The Balaban J connectivity index is 6.56. The Hall–Kier alpha value is -2.03. The molecule has 0 rings (SSSR count). The van der Waals surface area contributed by atoms with Crippen LogP contribution in [-0.4, -0.2) is 65.0 Å². The summed E-state index contributed by atoms with van der Waals surface area (Å²) in [5.74, 6) is -29.3. The van der Waals surface area contributed by atoms with Gasteiger partial charge in [-0.05, 0) is 24.9 Å². The monoisotopic (exact) mass is 574 g/mol. The lowest BCUT2D eigenvalue weighted by molar-refractivity contribution is -0.153. The summed E-state index contributed by atoms with van der Waals surface area (Å²) in [7, 11) is -15.9. The van der Waals surface area contributed by atoms with Crippen molar-refractivity contribution in [2.75, 3.05) is 13.2 Å². The van der Waals surface area contributed by atoms with Gasteiger partial charge < -0.3 is 13.6 Å². The zero-order chi connectivity index (χ0) is 27.9. The molecular weight excluding hydrogens is 556 g/mol. The molecule has 0 fully saturated rings. The van der Waals surface area contributed by atoms with Crippen LogP contribution < -0.4 is 0 Å². The number of carbonyl (C=O) groups is 2. The number of halogens is 12. The molecule has 0 atom stereocenters. The second-order valence-corrected chi connectivity index (χ2v) is 14.1. The third-order valence-electron chi connectivity index (χ3n) is 4.35. The molecule has 0 aromatic rings. The highest BCUT2D eigenvalue weighted by molar-refractivity contribution is 6.90. The number of rotatable bonds is 12. The van der Waals surface area contributed by atoms with Crippen molar-refractivity contribution in [3.63, 3.8) is 0 Å². The van der Waals surface area contributed by atoms with Crippen molar-refractivity contribution in [1.29, 1.82) is 0 Å². The van der Waals surface area contributed by atoms with E-state index in [0.29, 0.717) is 12.2 Å². The zero-order valence-corrected chi connectivity index (χ0v) is 19.4. The fraction of sp³-hybridized carbons (Fsp3) is 0.625. The van der Waals surface area contributed by atoms with Gasteiger partial charge in [0.25, 0.3) is 0 Å². The van der Waals surface area contributed by atoms with E-state index < -0.39 is 89.9 Å². The quantitative estimate of drug-likeness (QED) is 0.101. The van der Waals surface area contributed by atoms with Gasteiger partial charge in [0.2, 0.25) is 0 Å². The number of alkyl halides is 12. The molecular formula is C16H18F12O5Si2. The van der Waals surface area contributed by atoms with Crippen LogP contribution in [0.2, 0.25) is 12.1 Å². The van der Waals surface area contributed by atoms with E-state index in [1.165, 1.54) is 0 Å². The van der Waals surface area contributed by atoms with Crippen LogP contribution in [0, 0.1) is 0 Å². The van der Waals surface area contributed by atoms with Crippen molar-refractivity contribution in [2.24, 2.45) is 0 Å². The first-order valence-corrected chi connectivity index (χ1v) is 13.4. The minimum Gasteiger partial charge on any atom is -0.463 e. The van der Waals surface area contributed by atoms with E-state index in [2.05, 4.69) is 26.7 Å². The van der Waals surface area contributed by atoms with Crippen LogP contribution in [0.3, 0.4) is 0 Å². The van der Waals surface area contributed by atoms with Crippen LogP contribution in [0.5, 0.6) is 0 Å². The summed E-state index contributed by atoms with van der Waals surface area (Å²) in [6.45, 7) is 3.39. The Morgan fingerprint density at radius 1 is 0.600 bits per heavy atom. The number of hydrogen-bond donors (Lipinski definition) is 0. The predicted molar refractivity (Wildman–Crippen MR) is 98.0 cm³/mol. The SMILES string of the molecule is C=CC(=O)OCCC[Si](O[Si](CCCOC(=O)C=C)(C(F)(F)F)C(F)(F)F)(C(F)(F)F)C(F)(F)F. The van der Waals surface area contributed by atoms with Crippen molar-refractivity contribution in [3.8, 4) is 0 Å². The van der Waals surface area contributed by atoms with Gasteiger partial charge in [-0.25, -0.2) is 9.59 Å². The maximum Gasteiger partial charge on any atom is 0.424 e. The van der Waals surface area contributed by atoms with Gasteiger partial charge in [-0.15, -0.1) is 0 Å². The standard InChI is InChI=1S/C16H18F12O5Si2/c1-3-11(29)31-7-5-9-34(13(17,18)19,14(20,21)22)33-35(15(23,24)25,16(26,27)28)10-6-8-32-12(30)4-2/h3-4H,1-2,5-10H2. The van der Waals surface area contributed by atoms with Crippen molar-refractivity contribution in [1.82, 2.24) is 0 Å². The summed E-state index contributed by atoms with van der Waals surface area (Å²) >= 11 is 0. The summed E-state index contributed by atoms with van der Waals surface area (Å²) in [6, 6.07) is -4.70. The molecule has 0 aromatic carbocycles. The molecule has 0 saturated carbocycles. The van der Waals surface area contributed by atoms with E-state index in [1.54, 1.807) is 0 Å². The summed E-state index contributed by atoms with van der Waals surface area (Å²) in [6.07, 6.45) is -1.89. The summed E-state index contributed by atoms with van der Waals surface area (Å²) in [5.41, 5.74) is 0. The van der Waals surface area contributed by atoms with E-state index in [1.807, 2.05) is 0 Å². The van der Waals surface area contributed by atoms with Crippen LogP contribution in [0.4, 0.5) is 52.7 Å². The molecule has 0 aromatic heterocycles. The van der Waals surface area contributed by atoms with E-state index in [9.17, 15) is 62.3 Å². The third kappa shape index (κ3) is 7.99. The number of carbonyl (C=O) groups excluding carboxylic acids is 2. The molecule has 0 aliphatic heterocycles. The zero-order valence-electron chi connectivity index (χ0n) is 17.4. The fourth-order valence-corrected chi connectivity index (χ4v) is 10.7. The second-order valence-electron chi connectivity index (χ2n) is 6.70. The van der Waals surface area contributed by atoms with Crippen LogP contribution in [0.1, 0.15) is 12.8 Å². The molecule has 0 heterocycles. The fourth-order valence-electron chi connectivity index (χ4n) is 2.62. The van der Waals surface area contributed by atoms with Crippen molar-refractivity contribution >= 4 is 28.6 Å². The van der Waals surface area contributed by atoms with Crippen molar-refractivity contribution < 1.29 is 75.9 Å². The Bertz CT molecular complexity index is 668.